The first-order chi connectivity index (χ1) is 17.9. The third-order valence-corrected chi connectivity index (χ3v) is 7.13. The normalized spacial score (nSPS) is 15.2. The summed E-state index contributed by atoms with van der Waals surface area (Å²) in [7, 11) is 4.21. The molecule has 0 saturated heterocycles. The van der Waals surface area contributed by atoms with Crippen molar-refractivity contribution in [3.63, 3.8) is 0 Å². The predicted octanol–water partition coefficient (Wildman–Crippen LogP) is 2.50. The number of hydrogen-bond donors (Lipinski definition) is 1. The number of nitrogens with zero attached hydrogens (tertiary/aromatic N) is 1. The van der Waals surface area contributed by atoms with Crippen LogP contribution in [0.1, 0.15) is 38.6 Å². The molecule has 0 radical (unpaired) electrons. The molecule has 0 bridgehead atoms. The first-order valence-electron chi connectivity index (χ1n) is 11.4. The van der Waals surface area contributed by atoms with E-state index in [1.807, 2.05) is 12.1 Å². The van der Waals surface area contributed by atoms with Gasteiger partial charge in [-0.05, 0) is 25.1 Å². The zero-order chi connectivity index (χ0) is 26.7. The second-order valence-corrected chi connectivity index (χ2v) is 8.98. The molecule has 0 saturated carbocycles. The van der Waals surface area contributed by atoms with Gasteiger partial charge in [-0.3, -0.25) is 9.36 Å². The second kappa shape index (κ2) is 10.8. The summed E-state index contributed by atoms with van der Waals surface area (Å²) in [6.07, 6.45) is 1.67. The van der Waals surface area contributed by atoms with E-state index in [2.05, 4.69) is 0 Å². The van der Waals surface area contributed by atoms with Crippen molar-refractivity contribution in [1.29, 1.82) is 0 Å². The molecule has 1 atom stereocenters. The van der Waals surface area contributed by atoms with Gasteiger partial charge in [0.25, 0.3) is 0 Å². The number of rotatable bonds is 7. The average Bonchev–Trinajstić information content (AvgIpc) is 3.21. The lowest BCUT2D eigenvalue weighted by atomic mass is 10.1. The number of thioether (sulfide) groups is 1. The van der Waals surface area contributed by atoms with Crippen LogP contribution in [0.2, 0.25) is 0 Å². The van der Waals surface area contributed by atoms with Gasteiger partial charge >= 0.3 is 11.9 Å². The Morgan fingerprint density at radius 3 is 2.30 bits per heavy atom. The van der Waals surface area contributed by atoms with Crippen LogP contribution in [0.25, 0.3) is 11.0 Å². The third kappa shape index (κ3) is 4.55. The summed E-state index contributed by atoms with van der Waals surface area (Å²) in [6.45, 7) is 1.80. The van der Waals surface area contributed by atoms with Crippen LogP contribution in [0.4, 0.5) is 5.69 Å². The molecule has 192 valence electrons. The fourth-order valence-electron chi connectivity index (χ4n) is 4.20. The number of esters is 2. The molecule has 1 aliphatic rings. The van der Waals surface area contributed by atoms with E-state index in [1.165, 1.54) is 21.3 Å². The van der Waals surface area contributed by atoms with Crippen LogP contribution < -0.4 is 25.8 Å². The lowest BCUT2D eigenvalue weighted by Crippen LogP contribution is -2.42. The molecule has 1 unspecified atom stereocenters. The summed E-state index contributed by atoms with van der Waals surface area (Å²) in [6, 6.07) is 14.2. The maximum absolute atomic E-state index is 14.0. The monoisotopic (exact) mass is 522 g/mol. The van der Waals surface area contributed by atoms with Gasteiger partial charge in [0.2, 0.25) is 5.91 Å². The number of benzene rings is 2. The molecular formula is C27H26N2O7S. The molecule has 0 fully saturated rings. The summed E-state index contributed by atoms with van der Waals surface area (Å²) >= 11 is 1.02. The molecule has 0 aliphatic carbocycles. The fraction of sp³-hybridized carbons (Fsp3) is 0.222. The van der Waals surface area contributed by atoms with Crippen LogP contribution in [0, 0.1) is 0 Å². The molecule has 1 aliphatic heterocycles. The van der Waals surface area contributed by atoms with Gasteiger partial charge in [0, 0.05) is 16.3 Å². The number of nitrogens with two attached hydrogens (primary N) is 1. The van der Waals surface area contributed by atoms with Crippen LogP contribution in [-0.4, -0.2) is 50.3 Å². The van der Waals surface area contributed by atoms with Crippen LogP contribution >= 0.6 is 11.8 Å². The highest BCUT2D eigenvalue weighted by atomic mass is 32.2. The minimum absolute atomic E-state index is 0.0100. The van der Waals surface area contributed by atoms with E-state index in [4.69, 9.17) is 24.7 Å². The van der Waals surface area contributed by atoms with E-state index in [1.54, 1.807) is 49.4 Å². The van der Waals surface area contributed by atoms with Gasteiger partial charge in [-0.25, -0.2) is 9.59 Å². The lowest BCUT2D eigenvalue weighted by molar-refractivity contribution is -0.135. The first kappa shape index (κ1) is 25.9. The van der Waals surface area contributed by atoms with Crippen molar-refractivity contribution in [2.45, 2.75) is 12.2 Å². The predicted molar refractivity (Wildman–Crippen MR) is 140 cm³/mol. The van der Waals surface area contributed by atoms with Gasteiger partial charge in [0.05, 0.1) is 39.0 Å². The summed E-state index contributed by atoms with van der Waals surface area (Å²) in [5, 5.41) is -0.465. The van der Waals surface area contributed by atoms with E-state index in [0.29, 0.717) is 27.8 Å². The Morgan fingerprint density at radius 1 is 1.00 bits per heavy atom. The smallest absolute Gasteiger partial charge is 0.357 e. The van der Waals surface area contributed by atoms with Gasteiger partial charge in [-0.2, -0.15) is 0 Å². The van der Waals surface area contributed by atoms with Gasteiger partial charge in [-0.1, -0.05) is 48.2 Å². The van der Waals surface area contributed by atoms with Crippen LogP contribution in [0.5, 0.6) is 11.5 Å². The number of aromatic nitrogens is 1. The Hall–Kier alpha value is -4.18. The largest absolute Gasteiger partial charge is 0.496 e. The SMILES string of the molecule is CCOC(=O)C1=c2/c(=C/c3ccccc3OC)c(N)c(C(=O)OC)n2C(=O)C(c2ccccc2OC)S1. The molecule has 9 nitrogen and oxygen atoms in total. The Balaban J connectivity index is 2.14. The van der Waals surface area contributed by atoms with Crippen molar-refractivity contribution in [1.82, 2.24) is 4.57 Å². The topological polar surface area (TPSA) is 119 Å². The molecule has 3 aromatic rings. The maximum Gasteiger partial charge on any atom is 0.357 e. The van der Waals surface area contributed by atoms with Crippen LogP contribution in [0.3, 0.4) is 0 Å². The third-order valence-electron chi connectivity index (χ3n) is 5.84. The summed E-state index contributed by atoms with van der Waals surface area (Å²) in [5.41, 5.74) is 7.47. The molecule has 37 heavy (non-hydrogen) atoms. The highest BCUT2D eigenvalue weighted by molar-refractivity contribution is 8.10. The number of methoxy groups -OCH3 is 3. The quantitative estimate of drug-likeness (QED) is 0.467. The van der Waals surface area contributed by atoms with Crippen molar-refractivity contribution in [3.05, 3.63) is 75.9 Å². The first-order valence-corrected chi connectivity index (χ1v) is 12.2. The van der Waals surface area contributed by atoms with Gasteiger partial charge in [-0.15, -0.1) is 0 Å². The minimum atomic E-state index is -0.919. The van der Waals surface area contributed by atoms with E-state index in [9.17, 15) is 14.4 Å². The van der Waals surface area contributed by atoms with Crippen molar-refractivity contribution in [3.8, 4) is 11.5 Å². The molecule has 4 rings (SSSR count). The Labute approximate surface area is 217 Å². The highest BCUT2D eigenvalue weighted by Crippen LogP contribution is 2.43. The van der Waals surface area contributed by atoms with Crippen LogP contribution in [-0.2, 0) is 14.3 Å². The molecule has 2 N–H and O–H groups in total. The van der Waals surface area contributed by atoms with Crippen molar-refractivity contribution in [2.75, 3.05) is 33.7 Å². The number of fused-ring (bicyclic) bond motifs is 1. The van der Waals surface area contributed by atoms with E-state index >= 15 is 0 Å². The van der Waals surface area contributed by atoms with Gasteiger partial charge in [0.15, 0.2) is 5.69 Å². The maximum atomic E-state index is 14.0. The Morgan fingerprint density at radius 2 is 1.65 bits per heavy atom. The molecule has 0 amide bonds. The zero-order valence-corrected chi connectivity index (χ0v) is 21.6. The minimum Gasteiger partial charge on any atom is -0.496 e. The number of anilines is 1. The van der Waals surface area contributed by atoms with Crippen molar-refractivity contribution >= 4 is 46.3 Å². The van der Waals surface area contributed by atoms with Crippen molar-refractivity contribution < 1.29 is 33.3 Å². The van der Waals surface area contributed by atoms with Crippen LogP contribution in [0.15, 0.2) is 48.5 Å². The Kier molecular flexibility index (Phi) is 7.58. The molecule has 10 heteroatoms. The number of hydrogen-bond acceptors (Lipinski definition) is 9. The fourth-order valence-corrected chi connectivity index (χ4v) is 5.43. The molecule has 2 heterocycles. The number of carbonyl (C=O) groups excluding carboxylic acids is 3. The highest BCUT2D eigenvalue weighted by Gasteiger charge is 2.39. The molecule has 0 spiro atoms. The second-order valence-electron chi connectivity index (χ2n) is 7.87. The molecular weight excluding hydrogens is 496 g/mol. The number of para-hydroxylation sites is 2. The zero-order valence-electron chi connectivity index (χ0n) is 20.8. The number of carbonyl (C=O) groups is 3. The Bertz CT molecular complexity index is 1510. The molecule has 1 aromatic heterocycles. The number of ether oxygens (including phenoxy) is 4. The lowest BCUT2D eigenvalue weighted by Gasteiger charge is -2.24. The van der Waals surface area contributed by atoms with Gasteiger partial charge in [0.1, 0.15) is 21.7 Å². The average molecular weight is 523 g/mol. The van der Waals surface area contributed by atoms with E-state index in [0.717, 1.165) is 16.3 Å². The van der Waals surface area contributed by atoms with Gasteiger partial charge < -0.3 is 24.7 Å². The van der Waals surface area contributed by atoms with Crippen molar-refractivity contribution in [2.24, 2.45) is 0 Å². The standard InChI is InChI=1S/C27H26N2O7S/c1-5-36-27(32)24-21-17(14-15-10-6-8-12-18(15)33-2)20(28)22(26(31)35-4)29(21)25(30)23(37-24)16-11-7-9-13-19(16)34-3/h6-14,23H,5,28H2,1-4H3/b17-14+. The summed E-state index contributed by atoms with van der Waals surface area (Å²) in [5.74, 6) is -0.948. The summed E-state index contributed by atoms with van der Waals surface area (Å²) in [4.78, 5) is 40.3. The summed E-state index contributed by atoms with van der Waals surface area (Å²) < 4.78 is 22.4. The number of nitrogen functional groups attached to an aromatic ring is 1. The van der Waals surface area contributed by atoms with E-state index < -0.39 is 23.1 Å². The van der Waals surface area contributed by atoms with E-state index in [-0.39, 0.29) is 28.2 Å². The molecule has 2 aromatic carbocycles.